The van der Waals surface area contributed by atoms with Gasteiger partial charge in [-0.2, -0.15) is 0 Å². The van der Waals surface area contributed by atoms with Crippen molar-refractivity contribution < 1.29 is 0 Å². The molecule has 0 fully saturated rings. The van der Waals surface area contributed by atoms with Crippen LogP contribution in [0, 0.1) is 0 Å². The van der Waals surface area contributed by atoms with Gasteiger partial charge in [-0.15, -0.1) is 11.3 Å². The first kappa shape index (κ1) is 36.1. The van der Waals surface area contributed by atoms with Crippen LogP contribution >= 0.6 is 11.3 Å². The van der Waals surface area contributed by atoms with Gasteiger partial charge in [-0.25, -0.2) is 0 Å². The molecule has 11 aromatic carbocycles. The Labute approximate surface area is 365 Å². The Hall–Kier alpha value is -7.78. The van der Waals surface area contributed by atoms with E-state index in [9.17, 15) is 0 Å². The zero-order chi connectivity index (χ0) is 41.0. The van der Waals surface area contributed by atoms with Crippen LogP contribution in [-0.4, -0.2) is 0 Å². The number of nitrogens with zero attached hydrogens (tertiary/aromatic N) is 1. The van der Waals surface area contributed by atoms with Gasteiger partial charge in [0.15, 0.2) is 0 Å². The third-order valence-corrected chi connectivity index (χ3v) is 13.7. The number of rotatable bonds is 7. The average molecular weight is 806 g/mol. The van der Waals surface area contributed by atoms with Crippen LogP contribution in [0.4, 0.5) is 17.1 Å². The van der Waals surface area contributed by atoms with E-state index in [1.165, 1.54) is 97.0 Å². The molecule has 12 rings (SSSR count). The highest BCUT2D eigenvalue weighted by molar-refractivity contribution is 7.26. The van der Waals surface area contributed by atoms with E-state index >= 15 is 0 Å². The summed E-state index contributed by atoms with van der Waals surface area (Å²) in [5, 5.41) is 10.1. The molecule has 0 aliphatic rings. The van der Waals surface area contributed by atoms with Gasteiger partial charge in [-0.05, 0) is 114 Å². The Kier molecular flexibility index (Phi) is 8.76. The maximum atomic E-state index is 2.50. The van der Waals surface area contributed by atoms with E-state index in [1.807, 2.05) is 11.3 Å². The van der Waals surface area contributed by atoms with Crippen LogP contribution in [0.25, 0.3) is 97.0 Å². The first-order chi connectivity index (χ1) is 30.7. The SMILES string of the molecule is c1ccc(-c2ccc(-c3cc4ccccc4c4ccccc34)cc2N(c2ccc(-c3cccc(-c4cccc5ccccc45)c3)cc2)c2cccc3c2sc2ccccc23)cc1. The quantitative estimate of drug-likeness (QED) is 0.145. The summed E-state index contributed by atoms with van der Waals surface area (Å²) in [5.41, 5.74) is 13.0. The van der Waals surface area contributed by atoms with E-state index in [0.29, 0.717) is 0 Å². The molecule has 0 aliphatic heterocycles. The molecule has 62 heavy (non-hydrogen) atoms. The third kappa shape index (κ3) is 6.15. The topological polar surface area (TPSA) is 3.24 Å². The lowest BCUT2D eigenvalue weighted by Gasteiger charge is -2.29. The number of hydrogen-bond donors (Lipinski definition) is 0. The lowest BCUT2D eigenvalue weighted by Crippen LogP contribution is -2.11. The number of anilines is 3. The fraction of sp³-hybridized carbons (Fsp3) is 0. The molecular formula is C60H39NS. The summed E-state index contributed by atoms with van der Waals surface area (Å²) in [5.74, 6) is 0. The summed E-state index contributed by atoms with van der Waals surface area (Å²) >= 11 is 1.87. The Morgan fingerprint density at radius 1 is 0.274 bits per heavy atom. The first-order valence-electron chi connectivity index (χ1n) is 21.2. The fourth-order valence-electron chi connectivity index (χ4n) is 9.50. The van der Waals surface area contributed by atoms with Crippen LogP contribution in [0.1, 0.15) is 0 Å². The number of fused-ring (bicyclic) bond motifs is 7. The van der Waals surface area contributed by atoms with Gasteiger partial charge in [-0.1, -0.05) is 194 Å². The molecule has 12 aromatic rings. The zero-order valence-electron chi connectivity index (χ0n) is 33.9. The smallest absolute Gasteiger partial charge is 0.0640 e. The Bertz CT molecular complexity index is 3630. The molecule has 0 spiro atoms. The molecule has 0 aliphatic carbocycles. The highest BCUT2D eigenvalue weighted by Gasteiger charge is 2.23. The minimum absolute atomic E-state index is 1.10. The monoisotopic (exact) mass is 805 g/mol. The standard InChI is InChI=1S/C60H39NS/c1-2-15-42(16-3-1)51-36-33-46(56-38-45-18-5-7-23-50(45)52-24-8-9-25-53(52)56)39-58(51)61(57-29-14-28-55-54-26-10-11-30-59(54)62-60(55)57)47-34-31-40(32-35-47)43-20-12-21-44(37-43)49-27-13-19-41-17-4-6-22-48(41)49/h1-39H. The molecule has 0 atom stereocenters. The van der Waals surface area contributed by atoms with Crippen molar-refractivity contribution in [3.05, 3.63) is 237 Å². The highest BCUT2D eigenvalue weighted by Crippen LogP contribution is 2.49. The molecule has 0 amide bonds. The van der Waals surface area contributed by atoms with Gasteiger partial charge >= 0.3 is 0 Å². The Morgan fingerprint density at radius 3 is 1.73 bits per heavy atom. The highest BCUT2D eigenvalue weighted by atomic mass is 32.1. The predicted molar refractivity (Wildman–Crippen MR) is 268 cm³/mol. The van der Waals surface area contributed by atoms with Gasteiger partial charge in [0, 0.05) is 26.7 Å². The second-order valence-corrected chi connectivity index (χ2v) is 17.1. The van der Waals surface area contributed by atoms with Crippen molar-refractivity contribution in [2.45, 2.75) is 0 Å². The lowest BCUT2D eigenvalue weighted by molar-refractivity contribution is 1.30. The molecule has 1 heterocycles. The van der Waals surface area contributed by atoms with E-state index in [-0.39, 0.29) is 0 Å². The van der Waals surface area contributed by atoms with Crippen molar-refractivity contribution in [2.75, 3.05) is 4.90 Å². The number of thiophene rings is 1. The molecule has 0 saturated carbocycles. The van der Waals surface area contributed by atoms with E-state index in [0.717, 1.165) is 17.1 Å². The number of hydrogen-bond acceptors (Lipinski definition) is 2. The van der Waals surface area contributed by atoms with Crippen LogP contribution in [-0.2, 0) is 0 Å². The fourth-order valence-corrected chi connectivity index (χ4v) is 10.7. The Morgan fingerprint density at radius 2 is 0.871 bits per heavy atom. The predicted octanol–water partition coefficient (Wildman–Crippen LogP) is 17.7. The van der Waals surface area contributed by atoms with Gasteiger partial charge in [0.25, 0.3) is 0 Å². The van der Waals surface area contributed by atoms with Crippen molar-refractivity contribution >= 4 is 80.9 Å². The summed E-state index contributed by atoms with van der Waals surface area (Å²) in [6.07, 6.45) is 0. The van der Waals surface area contributed by atoms with Crippen LogP contribution in [0.5, 0.6) is 0 Å². The van der Waals surface area contributed by atoms with Gasteiger partial charge in [0.05, 0.1) is 16.1 Å². The van der Waals surface area contributed by atoms with Gasteiger partial charge < -0.3 is 4.90 Å². The van der Waals surface area contributed by atoms with Crippen LogP contribution < -0.4 is 4.90 Å². The zero-order valence-corrected chi connectivity index (χ0v) is 34.7. The van der Waals surface area contributed by atoms with E-state index in [4.69, 9.17) is 0 Å². The second-order valence-electron chi connectivity index (χ2n) is 16.0. The van der Waals surface area contributed by atoms with Crippen LogP contribution in [0.15, 0.2) is 237 Å². The Balaban J connectivity index is 1.07. The summed E-state index contributed by atoms with van der Waals surface area (Å²) in [6, 6.07) is 86.9. The summed E-state index contributed by atoms with van der Waals surface area (Å²) in [7, 11) is 0. The normalized spacial score (nSPS) is 11.5. The maximum Gasteiger partial charge on any atom is 0.0640 e. The third-order valence-electron chi connectivity index (χ3n) is 12.4. The second kappa shape index (κ2) is 15.0. The van der Waals surface area contributed by atoms with E-state index < -0.39 is 0 Å². The van der Waals surface area contributed by atoms with E-state index in [1.54, 1.807) is 0 Å². The van der Waals surface area contributed by atoms with Crippen molar-refractivity contribution in [1.29, 1.82) is 0 Å². The average Bonchev–Trinajstić information content (AvgIpc) is 3.74. The van der Waals surface area contributed by atoms with Crippen molar-refractivity contribution in [3.8, 4) is 44.5 Å². The largest absolute Gasteiger partial charge is 0.308 e. The van der Waals surface area contributed by atoms with Crippen LogP contribution in [0.2, 0.25) is 0 Å². The summed E-state index contributed by atoms with van der Waals surface area (Å²) in [4.78, 5) is 2.50. The molecule has 1 aromatic heterocycles. The van der Waals surface area contributed by atoms with Crippen molar-refractivity contribution in [3.63, 3.8) is 0 Å². The van der Waals surface area contributed by atoms with Crippen LogP contribution in [0.3, 0.4) is 0 Å². The van der Waals surface area contributed by atoms with Gasteiger partial charge in [0.2, 0.25) is 0 Å². The molecule has 0 bridgehead atoms. The molecule has 1 nitrogen and oxygen atoms in total. The number of benzene rings is 11. The van der Waals surface area contributed by atoms with Crippen molar-refractivity contribution in [1.82, 2.24) is 0 Å². The molecule has 0 radical (unpaired) electrons. The summed E-state index contributed by atoms with van der Waals surface area (Å²) < 4.78 is 2.55. The van der Waals surface area contributed by atoms with E-state index in [2.05, 4.69) is 241 Å². The first-order valence-corrected chi connectivity index (χ1v) is 22.1. The molecule has 0 unspecified atom stereocenters. The minimum Gasteiger partial charge on any atom is -0.308 e. The minimum atomic E-state index is 1.10. The molecule has 0 saturated heterocycles. The molecular weight excluding hydrogens is 767 g/mol. The van der Waals surface area contributed by atoms with Gasteiger partial charge in [0.1, 0.15) is 0 Å². The van der Waals surface area contributed by atoms with Crippen molar-refractivity contribution in [2.24, 2.45) is 0 Å². The molecule has 2 heteroatoms. The lowest BCUT2D eigenvalue weighted by atomic mass is 9.91. The maximum absolute atomic E-state index is 2.50. The molecule has 0 N–H and O–H groups in total. The van der Waals surface area contributed by atoms with Gasteiger partial charge in [-0.3, -0.25) is 0 Å². The molecule has 290 valence electrons. The summed E-state index contributed by atoms with van der Waals surface area (Å²) in [6.45, 7) is 0.